The molecule has 2 N–H and O–H groups in total. The molecule has 2 aromatic rings. The van der Waals surface area contributed by atoms with Gasteiger partial charge < -0.3 is 10.4 Å². The van der Waals surface area contributed by atoms with Crippen LogP contribution < -0.4 is 5.32 Å². The van der Waals surface area contributed by atoms with E-state index in [1.54, 1.807) is 6.07 Å². The predicted octanol–water partition coefficient (Wildman–Crippen LogP) is 2.93. The van der Waals surface area contributed by atoms with Gasteiger partial charge in [0.25, 0.3) is 0 Å². The van der Waals surface area contributed by atoms with E-state index in [1.807, 2.05) is 30.3 Å². The summed E-state index contributed by atoms with van der Waals surface area (Å²) in [7, 11) is 0. The lowest BCUT2D eigenvalue weighted by atomic mass is 10.1. The lowest BCUT2D eigenvalue weighted by Crippen LogP contribution is -2.13. The first-order valence-corrected chi connectivity index (χ1v) is 6.08. The van der Waals surface area contributed by atoms with Crippen LogP contribution in [0, 0.1) is 0 Å². The van der Waals surface area contributed by atoms with Crippen LogP contribution in [0.15, 0.2) is 36.4 Å². The van der Waals surface area contributed by atoms with Gasteiger partial charge in [-0.05, 0) is 17.2 Å². The smallest absolute Gasteiger partial charge is 0.225 e. The van der Waals surface area contributed by atoms with E-state index in [9.17, 15) is 5.11 Å². The highest BCUT2D eigenvalue weighted by atomic mass is 35.5. The van der Waals surface area contributed by atoms with Crippen molar-refractivity contribution in [3.63, 3.8) is 0 Å². The first kappa shape index (κ1) is 13.1. The molecule has 4 nitrogen and oxygen atoms in total. The molecule has 0 saturated carbocycles. The third-order valence-corrected chi connectivity index (χ3v) is 2.69. The Labute approximate surface area is 115 Å². The van der Waals surface area contributed by atoms with Gasteiger partial charge in [0.2, 0.25) is 5.28 Å². The molecule has 94 valence electrons. The van der Waals surface area contributed by atoms with Crippen molar-refractivity contribution in [2.45, 2.75) is 6.10 Å². The Morgan fingerprint density at radius 2 is 1.89 bits per heavy atom. The Morgan fingerprint density at radius 3 is 2.56 bits per heavy atom. The summed E-state index contributed by atoms with van der Waals surface area (Å²) in [6, 6.07) is 10.9. The van der Waals surface area contributed by atoms with Gasteiger partial charge in [0, 0.05) is 12.6 Å². The molecular formula is C12H11Cl2N3O. The molecular weight excluding hydrogens is 273 g/mol. The number of hydrogen-bond donors (Lipinski definition) is 2. The predicted molar refractivity (Wildman–Crippen MR) is 71.9 cm³/mol. The monoisotopic (exact) mass is 283 g/mol. The van der Waals surface area contributed by atoms with E-state index in [2.05, 4.69) is 15.3 Å². The molecule has 2 rings (SSSR count). The number of benzene rings is 1. The molecule has 1 aromatic carbocycles. The summed E-state index contributed by atoms with van der Waals surface area (Å²) < 4.78 is 0. The number of rotatable bonds is 4. The Bertz CT molecular complexity index is 502. The normalized spacial score (nSPS) is 12.2. The van der Waals surface area contributed by atoms with Gasteiger partial charge >= 0.3 is 0 Å². The number of nitrogens with one attached hydrogen (secondary N) is 1. The molecule has 0 amide bonds. The second-order valence-electron chi connectivity index (χ2n) is 3.65. The Hall–Kier alpha value is -1.36. The third-order valence-electron chi connectivity index (χ3n) is 2.33. The second kappa shape index (κ2) is 6.00. The topological polar surface area (TPSA) is 58.0 Å². The van der Waals surface area contributed by atoms with Gasteiger partial charge in [-0.2, -0.15) is 0 Å². The maximum Gasteiger partial charge on any atom is 0.225 e. The molecule has 0 fully saturated rings. The SMILES string of the molecule is OC(CNc1cc(Cl)nc(Cl)n1)c1ccccc1. The average Bonchev–Trinajstić information content (AvgIpc) is 2.36. The minimum atomic E-state index is -0.626. The fraction of sp³-hybridized carbons (Fsp3) is 0.167. The quantitative estimate of drug-likeness (QED) is 0.669. The number of aliphatic hydroxyl groups is 1. The van der Waals surface area contributed by atoms with E-state index in [1.165, 1.54) is 0 Å². The highest BCUT2D eigenvalue weighted by Crippen LogP contribution is 2.16. The van der Waals surface area contributed by atoms with E-state index in [-0.39, 0.29) is 10.4 Å². The molecule has 6 heteroatoms. The lowest BCUT2D eigenvalue weighted by Gasteiger charge is -2.12. The van der Waals surface area contributed by atoms with Crippen LogP contribution in [0.25, 0.3) is 0 Å². The summed E-state index contributed by atoms with van der Waals surface area (Å²) in [4.78, 5) is 7.68. The zero-order chi connectivity index (χ0) is 13.0. The van der Waals surface area contributed by atoms with Crippen LogP contribution in [0.1, 0.15) is 11.7 Å². The van der Waals surface area contributed by atoms with E-state index < -0.39 is 6.10 Å². The van der Waals surface area contributed by atoms with Crippen LogP contribution in [0.4, 0.5) is 5.82 Å². The van der Waals surface area contributed by atoms with Crippen molar-refractivity contribution in [1.29, 1.82) is 0 Å². The molecule has 1 aromatic heterocycles. The van der Waals surface area contributed by atoms with Crippen molar-refractivity contribution in [2.75, 3.05) is 11.9 Å². The molecule has 0 spiro atoms. The molecule has 0 aliphatic rings. The second-order valence-corrected chi connectivity index (χ2v) is 4.38. The van der Waals surface area contributed by atoms with Gasteiger partial charge in [0.05, 0.1) is 6.10 Å². The van der Waals surface area contributed by atoms with Gasteiger partial charge in [-0.1, -0.05) is 41.9 Å². The summed E-state index contributed by atoms with van der Waals surface area (Å²) in [5.74, 6) is 0.481. The minimum absolute atomic E-state index is 0.0687. The number of hydrogen-bond acceptors (Lipinski definition) is 4. The summed E-state index contributed by atoms with van der Waals surface area (Å²) in [5.41, 5.74) is 0.830. The molecule has 18 heavy (non-hydrogen) atoms. The van der Waals surface area contributed by atoms with Crippen molar-refractivity contribution >= 4 is 29.0 Å². The van der Waals surface area contributed by atoms with Crippen LogP contribution in [-0.2, 0) is 0 Å². The molecule has 0 radical (unpaired) electrons. The average molecular weight is 284 g/mol. The standard InChI is InChI=1S/C12H11Cl2N3O/c13-10-6-11(17-12(14)16-10)15-7-9(18)8-4-2-1-3-5-8/h1-6,9,18H,7H2,(H,15,16,17). The van der Waals surface area contributed by atoms with Crippen molar-refractivity contribution in [2.24, 2.45) is 0 Å². The zero-order valence-electron chi connectivity index (χ0n) is 9.35. The van der Waals surface area contributed by atoms with Crippen molar-refractivity contribution in [3.05, 3.63) is 52.4 Å². The molecule has 0 saturated heterocycles. The molecule has 0 bridgehead atoms. The van der Waals surface area contributed by atoms with E-state index in [4.69, 9.17) is 23.2 Å². The summed E-state index contributed by atoms with van der Waals surface area (Å²) in [6.45, 7) is 0.313. The van der Waals surface area contributed by atoms with Gasteiger partial charge in [0.1, 0.15) is 11.0 Å². The molecule has 1 unspecified atom stereocenters. The number of nitrogens with zero attached hydrogens (tertiary/aromatic N) is 2. The van der Waals surface area contributed by atoms with Crippen molar-refractivity contribution < 1.29 is 5.11 Å². The number of aliphatic hydroxyl groups excluding tert-OH is 1. The van der Waals surface area contributed by atoms with E-state index in [0.717, 1.165) is 5.56 Å². The zero-order valence-corrected chi connectivity index (χ0v) is 10.9. The Kier molecular flexibility index (Phi) is 4.36. The van der Waals surface area contributed by atoms with Gasteiger partial charge in [-0.25, -0.2) is 9.97 Å². The van der Waals surface area contributed by atoms with Crippen molar-refractivity contribution in [1.82, 2.24) is 9.97 Å². The fourth-order valence-corrected chi connectivity index (χ4v) is 1.88. The highest BCUT2D eigenvalue weighted by molar-refractivity contribution is 6.32. The Balaban J connectivity index is 1.99. The van der Waals surface area contributed by atoms with E-state index >= 15 is 0 Å². The molecule has 1 heterocycles. The Morgan fingerprint density at radius 1 is 1.17 bits per heavy atom. The first-order chi connectivity index (χ1) is 8.65. The van der Waals surface area contributed by atoms with Gasteiger partial charge in [0.15, 0.2) is 0 Å². The molecule has 0 aliphatic carbocycles. The maximum atomic E-state index is 9.95. The first-order valence-electron chi connectivity index (χ1n) is 5.32. The van der Waals surface area contributed by atoms with Crippen LogP contribution in [-0.4, -0.2) is 21.6 Å². The number of anilines is 1. The van der Waals surface area contributed by atoms with Crippen molar-refractivity contribution in [3.8, 4) is 0 Å². The number of halogens is 2. The lowest BCUT2D eigenvalue weighted by molar-refractivity contribution is 0.191. The minimum Gasteiger partial charge on any atom is -0.387 e. The van der Waals surface area contributed by atoms with E-state index in [0.29, 0.717) is 12.4 Å². The summed E-state index contributed by atoms with van der Waals surface area (Å²) in [5, 5.41) is 13.2. The van der Waals surface area contributed by atoms with Gasteiger partial charge in [-0.15, -0.1) is 0 Å². The summed E-state index contributed by atoms with van der Waals surface area (Å²) in [6.07, 6.45) is -0.626. The largest absolute Gasteiger partial charge is 0.387 e. The molecule has 0 aliphatic heterocycles. The maximum absolute atomic E-state index is 9.95. The van der Waals surface area contributed by atoms with Gasteiger partial charge in [-0.3, -0.25) is 0 Å². The van der Waals surface area contributed by atoms with Crippen LogP contribution in [0.2, 0.25) is 10.4 Å². The third kappa shape index (κ3) is 3.57. The number of aromatic nitrogens is 2. The van der Waals surface area contributed by atoms with Crippen LogP contribution in [0.5, 0.6) is 0 Å². The fourth-order valence-electron chi connectivity index (χ4n) is 1.47. The highest BCUT2D eigenvalue weighted by Gasteiger charge is 2.07. The van der Waals surface area contributed by atoms with Crippen LogP contribution >= 0.6 is 23.2 Å². The molecule has 1 atom stereocenters. The summed E-state index contributed by atoms with van der Waals surface area (Å²) >= 11 is 11.4. The van der Waals surface area contributed by atoms with Crippen LogP contribution in [0.3, 0.4) is 0 Å².